The number of carbonyl (C=O) groups is 1. The molecule has 0 aliphatic heterocycles. The Labute approximate surface area is 146 Å². The molecular weight excluding hydrogens is 322 g/mol. The number of aromatic nitrogens is 4. The monoisotopic (exact) mass is 345 g/mol. The van der Waals surface area contributed by atoms with E-state index in [1.165, 1.54) is 17.6 Å². The third-order valence-corrected chi connectivity index (χ3v) is 4.18. The van der Waals surface area contributed by atoms with Crippen LogP contribution in [-0.2, 0) is 11.3 Å². The Morgan fingerprint density at radius 2 is 2.12 bits per heavy atom. The maximum atomic E-state index is 12.1. The summed E-state index contributed by atoms with van der Waals surface area (Å²) in [7, 11) is 1.59. The second-order valence-corrected chi connectivity index (χ2v) is 5.99. The van der Waals surface area contributed by atoms with Crippen molar-refractivity contribution in [2.45, 2.75) is 45.2 Å². The van der Waals surface area contributed by atoms with E-state index in [1.54, 1.807) is 13.2 Å². The van der Waals surface area contributed by atoms with Crippen LogP contribution < -0.4 is 14.8 Å². The summed E-state index contributed by atoms with van der Waals surface area (Å²) in [4.78, 5) is 13.4. The third kappa shape index (κ3) is 4.26. The number of hydrogen-bond acceptors (Lipinski definition) is 6. The van der Waals surface area contributed by atoms with Crippen LogP contribution >= 0.6 is 0 Å². The van der Waals surface area contributed by atoms with Gasteiger partial charge in [0.1, 0.15) is 6.54 Å². The van der Waals surface area contributed by atoms with E-state index in [4.69, 9.17) is 9.47 Å². The van der Waals surface area contributed by atoms with Crippen LogP contribution in [-0.4, -0.2) is 45.9 Å². The van der Waals surface area contributed by atoms with E-state index in [-0.39, 0.29) is 18.5 Å². The van der Waals surface area contributed by atoms with E-state index in [0.29, 0.717) is 23.9 Å². The van der Waals surface area contributed by atoms with Crippen LogP contribution in [0, 0.1) is 0 Å². The minimum Gasteiger partial charge on any atom is -0.493 e. The lowest BCUT2D eigenvalue weighted by molar-refractivity contribution is -0.122. The molecule has 1 saturated carbocycles. The standard InChI is InChI=1S/C17H23N5O3/c1-3-25-15-10-12(8-9-14(15)24-2)17-19-21-22(20-17)11-16(23)18-13-6-4-5-7-13/h8-10,13H,3-7,11H2,1-2H3,(H,18,23). The molecule has 0 spiro atoms. The fraction of sp³-hybridized carbons (Fsp3) is 0.529. The van der Waals surface area contributed by atoms with Gasteiger partial charge in [-0.25, -0.2) is 0 Å². The van der Waals surface area contributed by atoms with Gasteiger partial charge in [-0.05, 0) is 43.2 Å². The number of methoxy groups -OCH3 is 1. The van der Waals surface area contributed by atoms with Crippen molar-refractivity contribution >= 4 is 5.91 Å². The molecule has 1 amide bonds. The number of nitrogens with zero attached hydrogens (tertiary/aromatic N) is 4. The van der Waals surface area contributed by atoms with Gasteiger partial charge in [0.05, 0.1) is 13.7 Å². The van der Waals surface area contributed by atoms with E-state index in [1.807, 2.05) is 19.1 Å². The Bertz CT molecular complexity index is 725. The van der Waals surface area contributed by atoms with Gasteiger partial charge in [-0.3, -0.25) is 4.79 Å². The molecule has 1 aliphatic rings. The summed E-state index contributed by atoms with van der Waals surface area (Å²) < 4.78 is 10.8. The molecule has 0 saturated heterocycles. The fourth-order valence-electron chi connectivity index (χ4n) is 2.98. The summed E-state index contributed by atoms with van der Waals surface area (Å²) >= 11 is 0. The summed E-state index contributed by atoms with van der Waals surface area (Å²) in [5.74, 6) is 1.63. The fourth-order valence-corrected chi connectivity index (χ4v) is 2.98. The van der Waals surface area contributed by atoms with Crippen molar-refractivity contribution in [3.63, 3.8) is 0 Å². The van der Waals surface area contributed by atoms with Crippen molar-refractivity contribution in [3.05, 3.63) is 18.2 Å². The molecule has 1 heterocycles. The molecular formula is C17H23N5O3. The molecule has 1 aliphatic carbocycles. The van der Waals surface area contributed by atoms with Crippen molar-refractivity contribution in [2.75, 3.05) is 13.7 Å². The summed E-state index contributed by atoms with van der Waals surface area (Å²) in [6.45, 7) is 2.50. The normalized spacial score (nSPS) is 14.5. The van der Waals surface area contributed by atoms with Crippen LogP contribution in [0.4, 0.5) is 0 Å². The highest BCUT2D eigenvalue weighted by molar-refractivity contribution is 5.75. The highest BCUT2D eigenvalue weighted by Gasteiger charge is 2.18. The van der Waals surface area contributed by atoms with E-state index in [2.05, 4.69) is 20.7 Å². The predicted molar refractivity (Wildman–Crippen MR) is 91.4 cm³/mol. The number of amides is 1. The zero-order valence-corrected chi connectivity index (χ0v) is 14.6. The van der Waals surface area contributed by atoms with Gasteiger partial charge >= 0.3 is 0 Å². The molecule has 8 heteroatoms. The first-order valence-corrected chi connectivity index (χ1v) is 8.58. The molecule has 2 aromatic rings. The second kappa shape index (κ2) is 7.96. The summed E-state index contributed by atoms with van der Waals surface area (Å²) in [6.07, 6.45) is 4.45. The number of rotatable bonds is 7. The maximum Gasteiger partial charge on any atom is 0.243 e. The molecule has 25 heavy (non-hydrogen) atoms. The van der Waals surface area contributed by atoms with Gasteiger partial charge in [-0.2, -0.15) is 4.80 Å². The van der Waals surface area contributed by atoms with Crippen LogP contribution in [0.5, 0.6) is 11.5 Å². The lowest BCUT2D eigenvalue weighted by Gasteiger charge is -2.10. The van der Waals surface area contributed by atoms with Gasteiger partial charge in [0, 0.05) is 11.6 Å². The molecule has 134 valence electrons. The zero-order chi connectivity index (χ0) is 17.6. The van der Waals surface area contributed by atoms with Crippen molar-refractivity contribution in [1.82, 2.24) is 25.5 Å². The second-order valence-electron chi connectivity index (χ2n) is 5.99. The average molecular weight is 345 g/mol. The largest absolute Gasteiger partial charge is 0.493 e. The predicted octanol–water partition coefficient (Wildman–Crippen LogP) is 1.81. The molecule has 8 nitrogen and oxygen atoms in total. The molecule has 1 fully saturated rings. The van der Waals surface area contributed by atoms with Crippen LogP contribution in [0.15, 0.2) is 18.2 Å². The maximum absolute atomic E-state index is 12.1. The number of nitrogens with one attached hydrogen (secondary N) is 1. The topological polar surface area (TPSA) is 91.2 Å². The van der Waals surface area contributed by atoms with E-state index in [9.17, 15) is 4.79 Å². The van der Waals surface area contributed by atoms with Gasteiger partial charge < -0.3 is 14.8 Å². The number of tetrazole rings is 1. The van der Waals surface area contributed by atoms with Gasteiger partial charge in [0.15, 0.2) is 11.5 Å². The smallest absolute Gasteiger partial charge is 0.243 e. The van der Waals surface area contributed by atoms with E-state index < -0.39 is 0 Å². The van der Waals surface area contributed by atoms with Crippen LogP contribution in [0.2, 0.25) is 0 Å². The van der Waals surface area contributed by atoms with E-state index >= 15 is 0 Å². The summed E-state index contributed by atoms with van der Waals surface area (Å²) in [6, 6.07) is 5.73. The molecule has 1 aromatic heterocycles. The van der Waals surface area contributed by atoms with Crippen molar-refractivity contribution in [3.8, 4) is 22.9 Å². The van der Waals surface area contributed by atoms with Crippen LogP contribution in [0.1, 0.15) is 32.6 Å². The molecule has 1 aromatic carbocycles. The quantitative estimate of drug-likeness (QED) is 0.823. The van der Waals surface area contributed by atoms with Gasteiger partial charge in [-0.1, -0.05) is 12.8 Å². The Morgan fingerprint density at radius 1 is 1.32 bits per heavy atom. The first-order valence-electron chi connectivity index (χ1n) is 8.58. The van der Waals surface area contributed by atoms with Gasteiger partial charge in [-0.15, -0.1) is 10.2 Å². The van der Waals surface area contributed by atoms with Gasteiger partial charge in [0.25, 0.3) is 0 Å². The first kappa shape index (κ1) is 17.2. The van der Waals surface area contributed by atoms with Gasteiger partial charge in [0.2, 0.25) is 11.7 Å². The summed E-state index contributed by atoms with van der Waals surface area (Å²) in [5.41, 5.74) is 0.756. The molecule has 0 radical (unpaired) electrons. The van der Waals surface area contributed by atoms with Crippen LogP contribution in [0.3, 0.4) is 0 Å². The first-order chi connectivity index (χ1) is 12.2. The Morgan fingerprint density at radius 3 is 2.84 bits per heavy atom. The number of benzene rings is 1. The van der Waals surface area contributed by atoms with E-state index in [0.717, 1.165) is 18.4 Å². The Hall–Kier alpha value is -2.64. The van der Waals surface area contributed by atoms with Crippen LogP contribution in [0.25, 0.3) is 11.4 Å². The Kier molecular flexibility index (Phi) is 5.47. The third-order valence-electron chi connectivity index (χ3n) is 4.18. The molecule has 0 bridgehead atoms. The number of carbonyl (C=O) groups excluding carboxylic acids is 1. The highest BCUT2D eigenvalue weighted by atomic mass is 16.5. The zero-order valence-electron chi connectivity index (χ0n) is 14.6. The van der Waals surface area contributed by atoms with Crippen molar-refractivity contribution < 1.29 is 14.3 Å². The lowest BCUT2D eigenvalue weighted by Crippen LogP contribution is -2.35. The molecule has 0 unspecified atom stereocenters. The highest BCUT2D eigenvalue weighted by Crippen LogP contribution is 2.31. The molecule has 0 atom stereocenters. The minimum atomic E-state index is -0.0828. The lowest BCUT2D eigenvalue weighted by atomic mass is 10.2. The van der Waals surface area contributed by atoms with Crippen molar-refractivity contribution in [2.24, 2.45) is 0 Å². The SMILES string of the molecule is CCOc1cc(-c2nnn(CC(=O)NC3CCCC3)n2)ccc1OC. The number of ether oxygens (including phenoxy) is 2. The number of hydrogen-bond donors (Lipinski definition) is 1. The Balaban J connectivity index is 1.68. The molecule has 1 N–H and O–H groups in total. The van der Waals surface area contributed by atoms with Crippen molar-refractivity contribution in [1.29, 1.82) is 0 Å². The summed E-state index contributed by atoms with van der Waals surface area (Å²) in [5, 5.41) is 15.3. The average Bonchev–Trinajstić information content (AvgIpc) is 3.27. The molecule has 3 rings (SSSR count). The minimum absolute atomic E-state index is 0.0674.